The Morgan fingerprint density at radius 1 is 1.32 bits per heavy atom. The average molecular weight is 288 g/mol. The zero-order chi connectivity index (χ0) is 13.8. The number of carbonyl (C=O) groups excluding carboxylic acids is 2. The van der Waals surface area contributed by atoms with Crippen molar-refractivity contribution in [1.29, 1.82) is 0 Å². The number of nitrogens with one attached hydrogen (secondary N) is 1. The molecule has 0 aromatic heterocycles. The van der Waals surface area contributed by atoms with Crippen LogP contribution in [0, 0.1) is 0 Å². The minimum absolute atomic E-state index is 0.151. The van der Waals surface area contributed by atoms with Gasteiger partial charge >= 0.3 is 6.03 Å². The summed E-state index contributed by atoms with van der Waals surface area (Å²) in [5.41, 5.74) is 0. The molecule has 2 rings (SSSR count). The number of carbonyl (C=O) groups is 2. The third-order valence-electron chi connectivity index (χ3n) is 4.02. The first kappa shape index (κ1) is 14.6. The van der Waals surface area contributed by atoms with E-state index >= 15 is 0 Å². The number of piperidine rings is 1. The van der Waals surface area contributed by atoms with Crippen molar-refractivity contribution in [1.82, 2.24) is 15.1 Å². The Morgan fingerprint density at radius 2 is 2.11 bits per heavy atom. The molecule has 2 aliphatic rings. The number of urea groups is 1. The highest BCUT2D eigenvalue weighted by atomic mass is 35.5. The normalized spacial score (nSPS) is 27.8. The fraction of sp³-hybridized carbons (Fsp3) is 0.846. The number of halogens is 1. The molecule has 19 heavy (non-hydrogen) atoms. The van der Waals surface area contributed by atoms with E-state index in [1.807, 2.05) is 6.92 Å². The van der Waals surface area contributed by atoms with Gasteiger partial charge in [0.1, 0.15) is 0 Å². The molecule has 0 aromatic rings. The Bertz CT molecular complexity index is 351. The van der Waals surface area contributed by atoms with Crippen LogP contribution in [0.5, 0.6) is 0 Å². The Labute approximate surface area is 119 Å². The maximum atomic E-state index is 12.1. The van der Waals surface area contributed by atoms with Crippen molar-refractivity contribution in [3.05, 3.63) is 0 Å². The average Bonchev–Trinajstić information content (AvgIpc) is 2.38. The summed E-state index contributed by atoms with van der Waals surface area (Å²) in [5.74, 6) is -0.0521. The quantitative estimate of drug-likeness (QED) is 0.782. The molecular weight excluding hydrogens is 266 g/mol. The van der Waals surface area contributed by atoms with Crippen molar-refractivity contribution in [2.75, 3.05) is 25.5 Å². The lowest BCUT2D eigenvalue weighted by molar-refractivity contribution is -0.119. The van der Waals surface area contributed by atoms with Crippen LogP contribution in [0.3, 0.4) is 0 Å². The molecule has 6 heteroatoms. The second-order valence-electron chi connectivity index (χ2n) is 5.44. The number of piperazine rings is 1. The highest BCUT2D eigenvalue weighted by molar-refractivity contribution is 6.19. The SMILES string of the molecule is CC1CN2CCCCC2CN1C(=O)NC(=O)CCCl. The molecule has 0 aromatic carbocycles. The van der Waals surface area contributed by atoms with Gasteiger partial charge in [-0.2, -0.15) is 0 Å². The van der Waals surface area contributed by atoms with E-state index in [2.05, 4.69) is 10.2 Å². The summed E-state index contributed by atoms with van der Waals surface area (Å²) in [7, 11) is 0. The van der Waals surface area contributed by atoms with Crippen LogP contribution in [0.15, 0.2) is 0 Å². The van der Waals surface area contributed by atoms with E-state index in [0.29, 0.717) is 6.04 Å². The molecule has 0 aliphatic carbocycles. The minimum atomic E-state index is -0.293. The molecule has 3 amide bonds. The van der Waals surface area contributed by atoms with E-state index in [9.17, 15) is 9.59 Å². The maximum absolute atomic E-state index is 12.1. The van der Waals surface area contributed by atoms with E-state index in [0.717, 1.165) is 26.1 Å². The summed E-state index contributed by atoms with van der Waals surface area (Å²) in [6.07, 6.45) is 3.82. The van der Waals surface area contributed by atoms with Gasteiger partial charge < -0.3 is 4.90 Å². The van der Waals surface area contributed by atoms with Crippen LogP contribution in [0.1, 0.15) is 32.6 Å². The molecule has 2 heterocycles. The summed E-state index contributed by atoms with van der Waals surface area (Å²) in [4.78, 5) is 27.8. The van der Waals surface area contributed by atoms with Crippen molar-refractivity contribution >= 4 is 23.5 Å². The molecule has 0 radical (unpaired) electrons. The first-order chi connectivity index (χ1) is 9.11. The monoisotopic (exact) mass is 287 g/mol. The van der Waals surface area contributed by atoms with Gasteiger partial charge in [0.25, 0.3) is 0 Å². The van der Waals surface area contributed by atoms with Gasteiger partial charge in [-0.05, 0) is 26.3 Å². The van der Waals surface area contributed by atoms with Gasteiger partial charge in [0.05, 0.1) is 0 Å². The van der Waals surface area contributed by atoms with Crippen LogP contribution in [0.25, 0.3) is 0 Å². The van der Waals surface area contributed by atoms with E-state index in [-0.39, 0.29) is 30.3 Å². The molecule has 2 unspecified atom stereocenters. The van der Waals surface area contributed by atoms with E-state index in [1.165, 1.54) is 12.8 Å². The molecule has 2 fully saturated rings. The number of imide groups is 1. The maximum Gasteiger partial charge on any atom is 0.324 e. The lowest BCUT2D eigenvalue weighted by atomic mass is 9.97. The van der Waals surface area contributed by atoms with Gasteiger partial charge in [-0.1, -0.05) is 6.42 Å². The lowest BCUT2D eigenvalue weighted by Gasteiger charge is -2.47. The molecule has 2 atom stereocenters. The molecular formula is C13H22ClN3O2. The van der Waals surface area contributed by atoms with Gasteiger partial charge in [-0.15, -0.1) is 11.6 Å². The van der Waals surface area contributed by atoms with Crippen molar-refractivity contribution in [2.45, 2.75) is 44.7 Å². The molecule has 2 aliphatic heterocycles. The zero-order valence-corrected chi connectivity index (χ0v) is 12.2. The first-order valence-corrected chi connectivity index (χ1v) is 7.55. The Morgan fingerprint density at radius 3 is 2.84 bits per heavy atom. The van der Waals surface area contributed by atoms with Crippen LogP contribution in [-0.2, 0) is 4.79 Å². The second kappa shape index (κ2) is 6.57. The van der Waals surface area contributed by atoms with Gasteiger partial charge in [-0.25, -0.2) is 4.79 Å². The Balaban J connectivity index is 1.92. The number of nitrogens with zero attached hydrogens (tertiary/aromatic N) is 2. The number of hydrogen-bond donors (Lipinski definition) is 1. The molecule has 0 bridgehead atoms. The predicted octanol–water partition coefficient (Wildman–Crippen LogP) is 1.41. The molecule has 5 nitrogen and oxygen atoms in total. The van der Waals surface area contributed by atoms with Gasteiger partial charge in [-0.3, -0.25) is 15.0 Å². The van der Waals surface area contributed by atoms with Crippen LogP contribution >= 0.6 is 11.6 Å². The molecule has 2 saturated heterocycles. The van der Waals surface area contributed by atoms with Crippen LogP contribution in [0.2, 0.25) is 0 Å². The summed E-state index contributed by atoms with van der Waals surface area (Å²) >= 11 is 5.49. The molecule has 0 spiro atoms. The third kappa shape index (κ3) is 3.60. The van der Waals surface area contributed by atoms with Crippen molar-refractivity contribution in [3.8, 4) is 0 Å². The lowest BCUT2D eigenvalue weighted by Crippen LogP contribution is -2.62. The standard InChI is InChI=1S/C13H22ClN3O2/c1-10-8-16-7-3-2-4-11(16)9-17(10)13(19)15-12(18)5-6-14/h10-11H,2-9H2,1H3,(H,15,18,19). The number of rotatable bonds is 2. The summed E-state index contributed by atoms with van der Waals surface area (Å²) in [6, 6.07) is 0.338. The number of hydrogen-bond acceptors (Lipinski definition) is 3. The summed E-state index contributed by atoms with van der Waals surface area (Å²) in [6.45, 7) is 4.80. The molecule has 1 N–H and O–H groups in total. The smallest absolute Gasteiger partial charge is 0.319 e. The number of amides is 3. The van der Waals surface area contributed by atoms with Crippen molar-refractivity contribution < 1.29 is 9.59 Å². The number of fused-ring (bicyclic) bond motifs is 1. The van der Waals surface area contributed by atoms with E-state index in [4.69, 9.17) is 11.6 Å². The Kier molecular flexibility index (Phi) is 5.05. The van der Waals surface area contributed by atoms with E-state index < -0.39 is 0 Å². The summed E-state index contributed by atoms with van der Waals surface area (Å²) < 4.78 is 0. The fourth-order valence-electron chi connectivity index (χ4n) is 2.97. The van der Waals surface area contributed by atoms with Gasteiger partial charge in [0.15, 0.2) is 0 Å². The highest BCUT2D eigenvalue weighted by Crippen LogP contribution is 2.23. The topological polar surface area (TPSA) is 52.6 Å². The predicted molar refractivity (Wildman–Crippen MR) is 74.3 cm³/mol. The summed E-state index contributed by atoms with van der Waals surface area (Å²) in [5, 5.41) is 2.42. The molecule has 0 saturated carbocycles. The highest BCUT2D eigenvalue weighted by Gasteiger charge is 2.35. The van der Waals surface area contributed by atoms with Crippen LogP contribution in [0.4, 0.5) is 4.79 Å². The third-order valence-corrected chi connectivity index (χ3v) is 4.21. The van der Waals surface area contributed by atoms with Gasteiger partial charge in [0, 0.05) is 37.5 Å². The van der Waals surface area contributed by atoms with Crippen molar-refractivity contribution in [2.24, 2.45) is 0 Å². The fourth-order valence-corrected chi connectivity index (χ4v) is 3.15. The Hall–Kier alpha value is -0.810. The van der Waals surface area contributed by atoms with E-state index in [1.54, 1.807) is 4.90 Å². The zero-order valence-electron chi connectivity index (χ0n) is 11.4. The first-order valence-electron chi connectivity index (χ1n) is 7.02. The van der Waals surface area contributed by atoms with Crippen LogP contribution in [-0.4, -0.2) is 59.3 Å². The minimum Gasteiger partial charge on any atom is -0.319 e. The second-order valence-corrected chi connectivity index (χ2v) is 5.82. The molecule has 108 valence electrons. The number of alkyl halides is 1. The van der Waals surface area contributed by atoms with Crippen molar-refractivity contribution in [3.63, 3.8) is 0 Å². The van der Waals surface area contributed by atoms with Crippen LogP contribution < -0.4 is 5.32 Å². The largest absolute Gasteiger partial charge is 0.324 e. The van der Waals surface area contributed by atoms with Gasteiger partial charge in [0.2, 0.25) is 5.91 Å².